The number of hydrogen-bond donors (Lipinski definition) is 1. The van der Waals surface area contributed by atoms with Gasteiger partial charge in [0, 0.05) is 30.4 Å². The van der Waals surface area contributed by atoms with E-state index in [0.717, 1.165) is 29.2 Å². The van der Waals surface area contributed by atoms with Crippen LogP contribution in [0.1, 0.15) is 31.7 Å². The molecule has 2 amide bonds. The van der Waals surface area contributed by atoms with Crippen molar-refractivity contribution in [2.75, 3.05) is 26.2 Å². The molecular weight excluding hydrogens is 372 g/mol. The van der Waals surface area contributed by atoms with E-state index >= 15 is 0 Å². The van der Waals surface area contributed by atoms with Crippen LogP contribution in [0.15, 0.2) is 24.3 Å². The van der Waals surface area contributed by atoms with E-state index in [2.05, 4.69) is 5.32 Å². The first kappa shape index (κ1) is 19.5. The number of amides is 2. The van der Waals surface area contributed by atoms with Crippen molar-refractivity contribution in [1.29, 1.82) is 0 Å². The molecule has 1 spiro atoms. The predicted octanol–water partition coefficient (Wildman–Crippen LogP) is 2.86. The zero-order valence-corrected chi connectivity index (χ0v) is 16.6. The summed E-state index contributed by atoms with van der Waals surface area (Å²) < 4.78 is 5.97. The average Bonchev–Trinajstić information content (AvgIpc) is 2.82. The number of nitrogens with zero attached hydrogens (tertiary/aromatic N) is 1. The molecule has 0 radical (unpaired) electrons. The summed E-state index contributed by atoms with van der Waals surface area (Å²) in [5.41, 5.74) is 0.770. The minimum atomic E-state index is -0.392. The van der Waals surface area contributed by atoms with Crippen molar-refractivity contribution in [2.45, 2.75) is 42.8 Å². The summed E-state index contributed by atoms with van der Waals surface area (Å²) in [5, 5.41) is 3.47. The van der Waals surface area contributed by atoms with E-state index in [9.17, 15) is 9.59 Å². The Bertz CT molecular complexity index is 645. The van der Waals surface area contributed by atoms with Gasteiger partial charge in [0.25, 0.3) is 0 Å². The molecule has 7 heteroatoms. The van der Waals surface area contributed by atoms with Crippen LogP contribution in [0.2, 0.25) is 5.02 Å². The van der Waals surface area contributed by atoms with Gasteiger partial charge in [0.2, 0.25) is 11.8 Å². The molecular formula is C19H25ClN2O3S. The molecule has 2 saturated heterocycles. The standard InChI is InChI=1S/C19H25ClN2O3S/c1-14(26-13-15-2-4-16(20)5-3-15)18(24)22-9-6-19(7-10-22)12-17(23)21-8-11-25-19/h2-5,14H,6-13H2,1H3,(H,21,23). The SMILES string of the molecule is CC(SCc1ccc(Cl)cc1)C(=O)N1CCC2(CC1)CC(=O)NCCO2. The highest BCUT2D eigenvalue weighted by molar-refractivity contribution is 7.99. The molecule has 0 bridgehead atoms. The third-order valence-corrected chi connectivity index (χ3v) is 6.52. The van der Waals surface area contributed by atoms with Gasteiger partial charge in [0.15, 0.2) is 0 Å². The smallest absolute Gasteiger partial charge is 0.235 e. The Kier molecular flexibility index (Phi) is 6.48. The second-order valence-electron chi connectivity index (χ2n) is 6.96. The number of likely N-dealkylation sites (tertiary alicyclic amines) is 1. The second kappa shape index (κ2) is 8.63. The van der Waals surface area contributed by atoms with E-state index in [1.165, 1.54) is 0 Å². The third kappa shape index (κ3) is 4.93. The van der Waals surface area contributed by atoms with Crippen molar-refractivity contribution < 1.29 is 14.3 Å². The second-order valence-corrected chi connectivity index (χ2v) is 8.73. The molecule has 1 atom stereocenters. The maximum atomic E-state index is 12.7. The summed E-state index contributed by atoms with van der Waals surface area (Å²) in [6.45, 7) is 4.38. The van der Waals surface area contributed by atoms with E-state index in [1.807, 2.05) is 36.1 Å². The van der Waals surface area contributed by atoms with Crippen LogP contribution in [0.5, 0.6) is 0 Å². The van der Waals surface area contributed by atoms with Crippen molar-refractivity contribution in [2.24, 2.45) is 0 Å². The van der Waals surface area contributed by atoms with Crippen LogP contribution in [-0.4, -0.2) is 53.8 Å². The first-order chi connectivity index (χ1) is 12.5. The lowest BCUT2D eigenvalue weighted by Gasteiger charge is -2.41. The van der Waals surface area contributed by atoms with Crippen molar-refractivity contribution in [1.82, 2.24) is 10.2 Å². The zero-order valence-electron chi connectivity index (χ0n) is 15.0. The number of carbonyl (C=O) groups is 2. The fraction of sp³-hybridized carbons (Fsp3) is 0.579. The first-order valence-corrected chi connectivity index (χ1v) is 10.5. The molecule has 2 aliphatic heterocycles. The number of halogens is 1. The first-order valence-electron chi connectivity index (χ1n) is 9.03. The maximum Gasteiger partial charge on any atom is 0.235 e. The molecule has 26 heavy (non-hydrogen) atoms. The molecule has 0 saturated carbocycles. The molecule has 1 N–H and O–H groups in total. The number of ether oxygens (including phenoxy) is 1. The number of carbonyl (C=O) groups excluding carboxylic acids is 2. The van der Waals surface area contributed by atoms with Crippen molar-refractivity contribution in [3.63, 3.8) is 0 Å². The van der Waals surface area contributed by atoms with Crippen molar-refractivity contribution in [3.8, 4) is 0 Å². The molecule has 1 aromatic carbocycles. The Labute approximate surface area is 163 Å². The Morgan fingerprint density at radius 2 is 2.04 bits per heavy atom. The Morgan fingerprint density at radius 3 is 2.73 bits per heavy atom. The molecule has 142 valence electrons. The minimum absolute atomic E-state index is 0.0502. The van der Waals surface area contributed by atoms with Gasteiger partial charge in [-0.1, -0.05) is 23.7 Å². The summed E-state index contributed by atoms with van der Waals surface area (Å²) in [6, 6.07) is 7.73. The quantitative estimate of drug-likeness (QED) is 0.850. The lowest BCUT2D eigenvalue weighted by Crippen LogP contribution is -2.50. The van der Waals surface area contributed by atoms with Gasteiger partial charge < -0.3 is 15.0 Å². The fourth-order valence-corrected chi connectivity index (χ4v) is 4.50. The average molecular weight is 397 g/mol. The normalized spacial score (nSPS) is 21.2. The largest absolute Gasteiger partial charge is 0.372 e. The highest BCUT2D eigenvalue weighted by atomic mass is 35.5. The molecule has 5 nitrogen and oxygen atoms in total. The summed E-state index contributed by atoms with van der Waals surface area (Å²) >= 11 is 7.54. The van der Waals surface area contributed by atoms with E-state index in [1.54, 1.807) is 11.8 Å². The van der Waals surface area contributed by atoms with Gasteiger partial charge in [-0.25, -0.2) is 0 Å². The highest BCUT2D eigenvalue weighted by Gasteiger charge is 2.40. The molecule has 0 aromatic heterocycles. The van der Waals surface area contributed by atoms with Gasteiger partial charge in [0.05, 0.1) is 23.9 Å². The van der Waals surface area contributed by atoms with Gasteiger partial charge in [-0.15, -0.1) is 11.8 Å². The van der Waals surface area contributed by atoms with Gasteiger partial charge >= 0.3 is 0 Å². The van der Waals surface area contributed by atoms with E-state index in [4.69, 9.17) is 16.3 Å². The number of hydrogen-bond acceptors (Lipinski definition) is 4. The van der Waals surface area contributed by atoms with E-state index in [-0.39, 0.29) is 17.1 Å². The van der Waals surface area contributed by atoms with Crippen LogP contribution in [0.4, 0.5) is 0 Å². The molecule has 1 unspecified atom stereocenters. The monoisotopic (exact) mass is 396 g/mol. The molecule has 3 rings (SSSR count). The lowest BCUT2D eigenvalue weighted by molar-refractivity contribution is -0.139. The van der Waals surface area contributed by atoms with Gasteiger partial charge in [0.1, 0.15) is 0 Å². The molecule has 2 heterocycles. The summed E-state index contributed by atoms with van der Waals surface area (Å²) in [5.74, 6) is 0.997. The number of piperidine rings is 1. The van der Waals surface area contributed by atoms with Crippen molar-refractivity contribution in [3.05, 3.63) is 34.9 Å². The van der Waals surface area contributed by atoms with Crippen LogP contribution >= 0.6 is 23.4 Å². The zero-order chi connectivity index (χ0) is 18.6. The van der Waals surface area contributed by atoms with E-state index < -0.39 is 5.60 Å². The molecule has 2 aliphatic rings. The van der Waals surface area contributed by atoms with Crippen LogP contribution in [0.25, 0.3) is 0 Å². The number of nitrogens with one attached hydrogen (secondary N) is 1. The van der Waals surface area contributed by atoms with Crippen LogP contribution in [-0.2, 0) is 20.1 Å². The van der Waals surface area contributed by atoms with Crippen molar-refractivity contribution >= 4 is 35.2 Å². The number of thioether (sulfide) groups is 1. The summed E-state index contributed by atoms with van der Waals surface area (Å²) in [7, 11) is 0. The Morgan fingerprint density at radius 1 is 1.35 bits per heavy atom. The predicted molar refractivity (Wildman–Crippen MR) is 104 cm³/mol. The highest BCUT2D eigenvalue weighted by Crippen LogP contribution is 2.32. The summed E-state index contributed by atoms with van der Waals surface area (Å²) in [4.78, 5) is 26.5. The molecule has 0 aliphatic carbocycles. The molecule has 1 aromatic rings. The van der Waals surface area contributed by atoms with Gasteiger partial charge in [-0.05, 0) is 37.5 Å². The maximum absolute atomic E-state index is 12.7. The fourth-order valence-electron chi connectivity index (χ4n) is 3.45. The van der Waals surface area contributed by atoms with Crippen LogP contribution < -0.4 is 5.32 Å². The van der Waals surface area contributed by atoms with Crippen LogP contribution in [0, 0.1) is 0 Å². The lowest BCUT2D eigenvalue weighted by atomic mass is 9.87. The third-order valence-electron chi connectivity index (χ3n) is 5.06. The Balaban J connectivity index is 1.49. The topological polar surface area (TPSA) is 58.6 Å². The summed E-state index contributed by atoms with van der Waals surface area (Å²) in [6.07, 6.45) is 1.84. The number of rotatable bonds is 4. The van der Waals surface area contributed by atoms with E-state index in [0.29, 0.717) is 32.7 Å². The molecule has 2 fully saturated rings. The minimum Gasteiger partial charge on any atom is -0.372 e. The van der Waals surface area contributed by atoms with Crippen LogP contribution in [0.3, 0.4) is 0 Å². The van der Waals surface area contributed by atoms with Gasteiger partial charge in [-0.2, -0.15) is 0 Å². The Hall–Kier alpha value is -1.24. The van der Waals surface area contributed by atoms with Gasteiger partial charge in [-0.3, -0.25) is 9.59 Å². The number of benzene rings is 1.